The van der Waals surface area contributed by atoms with Gasteiger partial charge >= 0.3 is 0 Å². The maximum atomic E-state index is 13.5. The van der Waals surface area contributed by atoms with E-state index in [1.165, 1.54) is 11.3 Å². The number of aryl methyl sites for hydroxylation is 2. The van der Waals surface area contributed by atoms with Crippen molar-refractivity contribution in [1.29, 1.82) is 0 Å². The fraction of sp³-hybridized carbons (Fsp3) is 0.429. The average Bonchev–Trinajstić information content (AvgIpc) is 3.53. The fourth-order valence-corrected chi connectivity index (χ4v) is 5.06. The minimum absolute atomic E-state index is 0.00272. The van der Waals surface area contributed by atoms with Crippen LogP contribution in [-0.2, 0) is 25.9 Å². The number of rotatable bonds is 8. The zero-order valence-corrected chi connectivity index (χ0v) is 20.2. The standard InChI is InChI=1S/C28H34N4O3/c33-23-12-18-31(19-13-23)28(34)27-25-21-30(15-5-10-24-11-6-20-35-24)17-14-26(25)32(29-27)16-4-9-22-7-2-1-3-8-22/h1-3,5-8,10-11,20,23,33H,4,9,12-19,21H2. The molecule has 2 aliphatic heterocycles. The highest BCUT2D eigenvalue weighted by Gasteiger charge is 2.31. The number of carbonyl (C=O) groups is 1. The lowest BCUT2D eigenvalue weighted by molar-refractivity contribution is 0.0539. The molecule has 0 saturated carbocycles. The zero-order valence-electron chi connectivity index (χ0n) is 20.2. The van der Waals surface area contributed by atoms with Crippen molar-refractivity contribution in [3.63, 3.8) is 0 Å². The molecular formula is C28H34N4O3. The van der Waals surface area contributed by atoms with Crippen molar-refractivity contribution in [3.05, 3.63) is 83.1 Å². The molecule has 1 amide bonds. The summed E-state index contributed by atoms with van der Waals surface area (Å²) in [5.74, 6) is 0.847. The molecule has 1 saturated heterocycles. The van der Waals surface area contributed by atoms with E-state index >= 15 is 0 Å². The molecule has 0 spiro atoms. The summed E-state index contributed by atoms with van der Waals surface area (Å²) in [4.78, 5) is 17.7. The van der Waals surface area contributed by atoms with Gasteiger partial charge in [0.25, 0.3) is 5.91 Å². The van der Waals surface area contributed by atoms with Gasteiger partial charge in [0.2, 0.25) is 0 Å². The molecule has 4 heterocycles. The number of benzene rings is 1. The Labute approximate surface area is 206 Å². The van der Waals surface area contributed by atoms with Gasteiger partial charge in [-0.05, 0) is 49.5 Å². The van der Waals surface area contributed by atoms with Crippen molar-refractivity contribution in [2.75, 3.05) is 26.2 Å². The van der Waals surface area contributed by atoms with Gasteiger partial charge < -0.3 is 14.4 Å². The summed E-state index contributed by atoms with van der Waals surface area (Å²) in [5, 5.41) is 14.8. The summed E-state index contributed by atoms with van der Waals surface area (Å²) in [6.45, 7) is 4.43. The summed E-state index contributed by atoms with van der Waals surface area (Å²) >= 11 is 0. The number of furan rings is 1. The van der Waals surface area contributed by atoms with E-state index in [2.05, 4.69) is 39.9 Å². The molecule has 7 nitrogen and oxygen atoms in total. The van der Waals surface area contributed by atoms with Gasteiger partial charge in [-0.1, -0.05) is 36.4 Å². The number of nitrogens with zero attached hydrogens (tertiary/aromatic N) is 4. The van der Waals surface area contributed by atoms with Crippen LogP contribution in [0.3, 0.4) is 0 Å². The van der Waals surface area contributed by atoms with E-state index in [9.17, 15) is 9.90 Å². The lowest BCUT2D eigenvalue weighted by Crippen LogP contribution is -2.41. The number of hydrogen-bond donors (Lipinski definition) is 1. The van der Waals surface area contributed by atoms with Gasteiger partial charge in [0, 0.05) is 56.9 Å². The molecule has 0 atom stereocenters. The summed E-state index contributed by atoms with van der Waals surface area (Å²) < 4.78 is 7.47. The first kappa shape index (κ1) is 23.6. The molecule has 0 radical (unpaired) electrons. The van der Waals surface area contributed by atoms with Crippen LogP contribution in [0.5, 0.6) is 0 Å². The largest absolute Gasteiger partial charge is 0.465 e. The molecule has 1 aromatic carbocycles. The van der Waals surface area contributed by atoms with Crippen LogP contribution in [0.15, 0.2) is 59.2 Å². The first-order valence-corrected chi connectivity index (χ1v) is 12.7. The van der Waals surface area contributed by atoms with Crippen LogP contribution in [0, 0.1) is 0 Å². The van der Waals surface area contributed by atoms with E-state index in [1.807, 2.05) is 29.2 Å². The monoisotopic (exact) mass is 474 g/mol. The van der Waals surface area contributed by atoms with Gasteiger partial charge in [0.05, 0.1) is 12.4 Å². The molecule has 184 valence electrons. The number of aliphatic hydroxyl groups is 1. The van der Waals surface area contributed by atoms with E-state index in [0.717, 1.165) is 50.2 Å². The lowest BCUT2D eigenvalue weighted by atomic mass is 10.0. The molecule has 35 heavy (non-hydrogen) atoms. The highest BCUT2D eigenvalue weighted by Crippen LogP contribution is 2.25. The summed E-state index contributed by atoms with van der Waals surface area (Å²) in [5.41, 5.74) is 4.19. The minimum Gasteiger partial charge on any atom is -0.465 e. The zero-order chi connectivity index (χ0) is 24.0. The smallest absolute Gasteiger partial charge is 0.274 e. The van der Waals surface area contributed by atoms with Gasteiger partial charge in [-0.3, -0.25) is 14.4 Å². The maximum absolute atomic E-state index is 13.5. The summed E-state index contributed by atoms with van der Waals surface area (Å²) in [6.07, 6.45) is 9.61. The van der Waals surface area contributed by atoms with Gasteiger partial charge in [0.1, 0.15) is 5.76 Å². The normalized spacial score (nSPS) is 17.2. The number of fused-ring (bicyclic) bond motifs is 1. The Bertz CT molecular complexity index is 1130. The first-order valence-electron chi connectivity index (χ1n) is 12.7. The first-order chi connectivity index (χ1) is 17.2. The second-order valence-electron chi connectivity index (χ2n) is 9.51. The third-order valence-electron chi connectivity index (χ3n) is 7.03. The van der Waals surface area contributed by atoms with E-state index in [1.54, 1.807) is 6.26 Å². The van der Waals surface area contributed by atoms with Gasteiger partial charge in [-0.15, -0.1) is 0 Å². The van der Waals surface area contributed by atoms with Crippen LogP contribution >= 0.6 is 0 Å². The molecule has 7 heteroatoms. The third-order valence-corrected chi connectivity index (χ3v) is 7.03. The molecule has 5 rings (SSSR count). The number of carbonyl (C=O) groups excluding carboxylic acids is 1. The van der Waals surface area contributed by atoms with Gasteiger partial charge in [-0.2, -0.15) is 5.10 Å². The second-order valence-corrected chi connectivity index (χ2v) is 9.51. The predicted molar refractivity (Wildman–Crippen MR) is 135 cm³/mol. The van der Waals surface area contributed by atoms with Crippen molar-refractivity contribution in [1.82, 2.24) is 19.6 Å². The Morgan fingerprint density at radius 1 is 1.11 bits per heavy atom. The van der Waals surface area contributed by atoms with Crippen molar-refractivity contribution < 1.29 is 14.3 Å². The molecule has 0 unspecified atom stereocenters. The summed E-state index contributed by atoms with van der Waals surface area (Å²) in [6, 6.07) is 14.3. The molecular weight excluding hydrogens is 440 g/mol. The number of likely N-dealkylation sites (tertiary alicyclic amines) is 1. The fourth-order valence-electron chi connectivity index (χ4n) is 5.06. The minimum atomic E-state index is -0.306. The number of aromatic nitrogens is 2. The van der Waals surface area contributed by atoms with Crippen LogP contribution < -0.4 is 0 Å². The van der Waals surface area contributed by atoms with Crippen LogP contribution in [0.4, 0.5) is 0 Å². The molecule has 1 fully saturated rings. The number of hydrogen-bond acceptors (Lipinski definition) is 5. The van der Waals surface area contributed by atoms with Gasteiger partial charge in [0.15, 0.2) is 5.69 Å². The van der Waals surface area contributed by atoms with Crippen molar-refractivity contribution >= 4 is 12.0 Å². The average molecular weight is 475 g/mol. The predicted octanol–water partition coefficient (Wildman–Crippen LogP) is 3.78. The Hall–Kier alpha value is -3.16. The summed E-state index contributed by atoms with van der Waals surface area (Å²) in [7, 11) is 0. The second kappa shape index (κ2) is 11.1. The van der Waals surface area contributed by atoms with Crippen molar-refractivity contribution in [2.45, 2.75) is 51.3 Å². The van der Waals surface area contributed by atoms with E-state index in [4.69, 9.17) is 9.52 Å². The van der Waals surface area contributed by atoms with Crippen LogP contribution in [-0.4, -0.2) is 62.9 Å². The number of piperidine rings is 1. The Morgan fingerprint density at radius 3 is 2.71 bits per heavy atom. The Kier molecular flexibility index (Phi) is 7.45. The SMILES string of the molecule is O=C(c1nn(CCCc2ccccc2)c2c1CN(CC=Cc1ccco1)CC2)N1CCC(O)CC1. The van der Waals surface area contributed by atoms with Gasteiger partial charge in [-0.25, -0.2) is 0 Å². The molecule has 1 N–H and O–H groups in total. The molecule has 0 aliphatic carbocycles. The Balaban J connectivity index is 1.31. The molecule has 3 aromatic rings. The topological polar surface area (TPSA) is 74.7 Å². The van der Waals surface area contributed by atoms with E-state index < -0.39 is 0 Å². The maximum Gasteiger partial charge on any atom is 0.274 e. The quantitative estimate of drug-likeness (QED) is 0.538. The highest BCUT2D eigenvalue weighted by atomic mass is 16.3. The molecule has 2 aromatic heterocycles. The van der Waals surface area contributed by atoms with E-state index in [0.29, 0.717) is 38.2 Å². The van der Waals surface area contributed by atoms with Crippen LogP contribution in [0.1, 0.15) is 52.3 Å². The van der Waals surface area contributed by atoms with Crippen molar-refractivity contribution in [3.8, 4) is 0 Å². The lowest BCUT2D eigenvalue weighted by Gasteiger charge is -2.30. The van der Waals surface area contributed by atoms with Crippen molar-refractivity contribution in [2.24, 2.45) is 0 Å². The third kappa shape index (κ3) is 5.74. The Morgan fingerprint density at radius 2 is 1.94 bits per heavy atom. The van der Waals surface area contributed by atoms with Crippen LogP contribution in [0.2, 0.25) is 0 Å². The van der Waals surface area contributed by atoms with Crippen LogP contribution in [0.25, 0.3) is 6.08 Å². The molecule has 0 bridgehead atoms. The van der Waals surface area contributed by atoms with E-state index in [-0.39, 0.29) is 12.0 Å². The number of aliphatic hydroxyl groups excluding tert-OH is 1. The molecule has 2 aliphatic rings. The highest BCUT2D eigenvalue weighted by molar-refractivity contribution is 5.94. The number of amides is 1.